The summed E-state index contributed by atoms with van der Waals surface area (Å²) in [6, 6.07) is 24.6. The van der Waals surface area contributed by atoms with Crippen LogP contribution in [0.3, 0.4) is 0 Å². The van der Waals surface area contributed by atoms with E-state index in [1.54, 1.807) is 12.3 Å². The number of thiophene rings is 1. The summed E-state index contributed by atoms with van der Waals surface area (Å²) in [7, 11) is -4.08. The van der Waals surface area contributed by atoms with Gasteiger partial charge in [0.05, 0.1) is 0 Å². The van der Waals surface area contributed by atoms with E-state index >= 15 is 0 Å². The van der Waals surface area contributed by atoms with Gasteiger partial charge in [-0.15, -0.1) is 11.3 Å². The number of rotatable bonds is 6. The highest BCUT2D eigenvalue weighted by Crippen LogP contribution is 2.58. The molecule has 32 heavy (non-hydrogen) atoms. The minimum atomic E-state index is -4.08. The van der Waals surface area contributed by atoms with Gasteiger partial charge in [-0.2, -0.15) is 4.72 Å². The second-order valence-corrected chi connectivity index (χ2v) is 10.9. The lowest BCUT2D eigenvalue weighted by molar-refractivity contribution is -0.140. The van der Waals surface area contributed by atoms with Crippen LogP contribution < -0.4 is 4.72 Å². The van der Waals surface area contributed by atoms with Crippen molar-refractivity contribution in [2.45, 2.75) is 29.2 Å². The van der Waals surface area contributed by atoms with E-state index in [9.17, 15) is 18.3 Å². The number of sulfonamides is 1. The van der Waals surface area contributed by atoms with Gasteiger partial charge in [0.2, 0.25) is 10.0 Å². The quantitative estimate of drug-likeness (QED) is 0.420. The van der Waals surface area contributed by atoms with Gasteiger partial charge in [-0.1, -0.05) is 73.7 Å². The summed E-state index contributed by atoms with van der Waals surface area (Å²) < 4.78 is 30.3. The zero-order chi connectivity index (χ0) is 22.6. The van der Waals surface area contributed by atoms with Crippen molar-refractivity contribution in [3.63, 3.8) is 0 Å². The molecule has 0 spiro atoms. The molecule has 7 heteroatoms. The van der Waals surface area contributed by atoms with E-state index in [1.165, 1.54) is 11.3 Å². The Kier molecular flexibility index (Phi) is 4.74. The van der Waals surface area contributed by atoms with Crippen molar-refractivity contribution >= 4 is 37.4 Å². The van der Waals surface area contributed by atoms with E-state index < -0.39 is 26.9 Å². The van der Waals surface area contributed by atoms with E-state index in [4.69, 9.17) is 0 Å². The first-order valence-corrected chi connectivity index (χ1v) is 12.5. The number of aliphatic carboxylic acids is 1. The van der Waals surface area contributed by atoms with Crippen molar-refractivity contribution in [1.29, 1.82) is 0 Å². The highest BCUT2D eigenvalue weighted by atomic mass is 32.2. The molecule has 1 heterocycles. The maximum atomic E-state index is 13.5. The first-order chi connectivity index (χ1) is 15.3. The van der Waals surface area contributed by atoms with Crippen LogP contribution in [0.1, 0.15) is 18.9 Å². The van der Waals surface area contributed by atoms with E-state index in [-0.39, 0.29) is 11.3 Å². The maximum absolute atomic E-state index is 13.5. The Morgan fingerprint density at radius 3 is 2.28 bits per heavy atom. The first-order valence-electron chi connectivity index (χ1n) is 10.2. The SMILES string of the molecule is C[C@]1(c2ccccc2)C[C@@]1(NS(=O)(=O)c1csc2ccc(-c3ccccc3)cc12)C(=O)O. The second-order valence-electron chi connectivity index (χ2n) is 8.37. The predicted octanol–water partition coefficient (Wildman–Crippen LogP) is 5.03. The smallest absolute Gasteiger partial charge is 0.325 e. The largest absolute Gasteiger partial charge is 0.480 e. The lowest BCUT2D eigenvalue weighted by Gasteiger charge is -2.21. The van der Waals surface area contributed by atoms with Gasteiger partial charge in [0.25, 0.3) is 0 Å². The number of benzene rings is 3. The number of hydrogen-bond acceptors (Lipinski definition) is 4. The Balaban J connectivity index is 1.56. The van der Waals surface area contributed by atoms with Gasteiger partial charge in [-0.3, -0.25) is 4.79 Å². The minimum Gasteiger partial charge on any atom is -0.480 e. The summed E-state index contributed by atoms with van der Waals surface area (Å²) >= 11 is 1.33. The summed E-state index contributed by atoms with van der Waals surface area (Å²) in [6.07, 6.45) is 0.190. The third kappa shape index (κ3) is 3.16. The molecule has 4 aromatic rings. The van der Waals surface area contributed by atoms with Crippen LogP contribution in [0.25, 0.3) is 21.2 Å². The van der Waals surface area contributed by atoms with Gasteiger partial charge < -0.3 is 5.11 Å². The Hall–Kier alpha value is -3.00. The number of nitrogens with one attached hydrogen (secondary N) is 1. The molecule has 1 aliphatic rings. The zero-order valence-electron chi connectivity index (χ0n) is 17.3. The second kappa shape index (κ2) is 7.27. The van der Waals surface area contributed by atoms with Crippen LogP contribution in [-0.4, -0.2) is 25.0 Å². The van der Waals surface area contributed by atoms with Gasteiger partial charge in [-0.25, -0.2) is 8.42 Å². The summed E-state index contributed by atoms with van der Waals surface area (Å²) in [5, 5.41) is 12.2. The third-order valence-corrected chi connectivity index (χ3v) is 9.10. The molecule has 0 aliphatic heterocycles. The summed E-state index contributed by atoms with van der Waals surface area (Å²) in [4.78, 5) is 12.4. The molecule has 0 amide bonds. The Morgan fingerprint density at radius 1 is 0.969 bits per heavy atom. The summed E-state index contributed by atoms with van der Waals surface area (Å²) in [5.74, 6) is -1.17. The topological polar surface area (TPSA) is 83.5 Å². The van der Waals surface area contributed by atoms with Gasteiger partial charge in [0, 0.05) is 20.9 Å². The zero-order valence-corrected chi connectivity index (χ0v) is 18.9. The lowest BCUT2D eigenvalue weighted by Crippen LogP contribution is -2.48. The molecular weight excluding hydrogens is 442 g/mol. The average Bonchev–Trinajstić information content (AvgIpc) is 3.18. The number of fused-ring (bicyclic) bond motifs is 1. The molecule has 0 saturated heterocycles. The molecule has 1 fully saturated rings. The molecule has 2 atom stereocenters. The third-order valence-electron chi connectivity index (χ3n) is 6.45. The molecule has 5 rings (SSSR count). The Labute approximate surface area is 190 Å². The molecule has 5 nitrogen and oxygen atoms in total. The van der Waals surface area contributed by atoms with Gasteiger partial charge >= 0.3 is 5.97 Å². The average molecular weight is 464 g/mol. The molecule has 0 unspecified atom stereocenters. The van der Waals surface area contributed by atoms with Crippen molar-refractivity contribution in [2.24, 2.45) is 0 Å². The minimum absolute atomic E-state index is 0.109. The molecule has 1 aliphatic carbocycles. The van der Waals surface area contributed by atoms with Gasteiger partial charge in [0.15, 0.2) is 0 Å². The van der Waals surface area contributed by atoms with Crippen LogP contribution in [0, 0.1) is 0 Å². The van der Waals surface area contributed by atoms with Crippen molar-refractivity contribution in [3.8, 4) is 11.1 Å². The van der Waals surface area contributed by atoms with E-state index in [1.807, 2.05) is 78.9 Å². The number of carboxylic acids is 1. The molecule has 0 bridgehead atoms. The molecule has 1 aromatic heterocycles. The van der Waals surface area contributed by atoms with Crippen LogP contribution in [0.2, 0.25) is 0 Å². The summed E-state index contributed by atoms with van der Waals surface area (Å²) in [5.41, 5.74) is 0.276. The molecule has 0 radical (unpaired) electrons. The van der Waals surface area contributed by atoms with Crippen LogP contribution in [0.5, 0.6) is 0 Å². The van der Waals surface area contributed by atoms with Crippen molar-refractivity contribution < 1.29 is 18.3 Å². The van der Waals surface area contributed by atoms with Crippen molar-refractivity contribution in [2.75, 3.05) is 0 Å². The standard InChI is InChI=1S/C25H21NO4S2/c1-24(19-10-6-3-7-11-19)16-25(24,23(27)28)26-32(29,30)22-15-31-21-13-12-18(14-20(21)22)17-8-4-2-5-9-17/h2-15,26H,16H2,1H3,(H,27,28)/t24-,25-/m1/s1. The fraction of sp³-hybridized carbons (Fsp3) is 0.160. The fourth-order valence-corrected chi connectivity index (χ4v) is 7.38. The molecular formula is C25H21NO4S2. The van der Waals surface area contributed by atoms with E-state index in [0.29, 0.717) is 5.39 Å². The lowest BCUT2D eigenvalue weighted by atomic mass is 9.93. The van der Waals surface area contributed by atoms with Crippen LogP contribution in [0.4, 0.5) is 0 Å². The summed E-state index contributed by atoms with van der Waals surface area (Å²) in [6.45, 7) is 1.79. The van der Waals surface area contributed by atoms with Crippen LogP contribution in [0.15, 0.2) is 89.1 Å². The number of hydrogen-bond donors (Lipinski definition) is 2. The van der Waals surface area contributed by atoms with E-state index in [2.05, 4.69) is 4.72 Å². The highest BCUT2D eigenvalue weighted by molar-refractivity contribution is 7.90. The van der Waals surface area contributed by atoms with Gasteiger partial charge in [0.1, 0.15) is 10.4 Å². The molecule has 162 valence electrons. The van der Waals surface area contributed by atoms with Crippen LogP contribution >= 0.6 is 11.3 Å². The van der Waals surface area contributed by atoms with Gasteiger partial charge in [-0.05, 0) is 35.2 Å². The van der Waals surface area contributed by atoms with Crippen molar-refractivity contribution in [3.05, 3.63) is 89.8 Å². The molecule has 3 aromatic carbocycles. The highest BCUT2D eigenvalue weighted by Gasteiger charge is 2.72. The number of carboxylic acid groups (broad SMARTS) is 1. The Bertz CT molecular complexity index is 1430. The molecule has 2 N–H and O–H groups in total. The predicted molar refractivity (Wildman–Crippen MR) is 126 cm³/mol. The fourth-order valence-electron chi connectivity index (χ4n) is 4.45. The molecule has 1 saturated carbocycles. The maximum Gasteiger partial charge on any atom is 0.325 e. The van der Waals surface area contributed by atoms with Crippen LogP contribution in [-0.2, 0) is 20.2 Å². The monoisotopic (exact) mass is 463 g/mol. The Morgan fingerprint density at radius 2 is 1.62 bits per heavy atom. The first kappa shape index (κ1) is 20.9. The van der Waals surface area contributed by atoms with Crippen molar-refractivity contribution in [1.82, 2.24) is 4.72 Å². The van der Waals surface area contributed by atoms with E-state index in [0.717, 1.165) is 21.4 Å². The number of carbonyl (C=O) groups is 1. The normalized spacial score (nSPS) is 22.7.